The number of halogens is 2. The summed E-state index contributed by atoms with van der Waals surface area (Å²) in [5.74, 6) is -0.518. The van der Waals surface area contributed by atoms with Crippen molar-refractivity contribution in [2.75, 3.05) is 7.11 Å². The van der Waals surface area contributed by atoms with Crippen LogP contribution >= 0.6 is 23.2 Å². The van der Waals surface area contributed by atoms with Gasteiger partial charge in [0, 0.05) is 5.02 Å². The number of hydrogen-bond acceptors (Lipinski definition) is 3. The van der Waals surface area contributed by atoms with Gasteiger partial charge >= 0.3 is 5.97 Å². The number of nitrogens with zero attached hydrogens (tertiary/aromatic N) is 2. The van der Waals surface area contributed by atoms with E-state index in [0.29, 0.717) is 5.02 Å². The molecule has 0 spiro atoms. The summed E-state index contributed by atoms with van der Waals surface area (Å²) in [5.41, 5.74) is 0.943. The molecule has 2 aromatic rings. The van der Waals surface area contributed by atoms with E-state index in [1.807, 2.05) is 0 Å². The first-order chi connectivity index (χ1) is 8.13. The predicted molar refractivity (Wildman–Crippen MR) is 64.9 cm³/mol. The third-order valence-electron chi connectivity index (χ3n) is 2.19. The van der Waals surface area contributed by atoms with Crippen LogP contribution in [0.5, 0.6) is 0 Å². The second-order valence-electron chi connectivity index (χ2n) is 3.23. The van der Waals surface area contributed by atoms with Crippen LogP contribution in [0, 0.1) is 0 Å². The number of carbonyl (C=O) groups excluding carboxylic acids is 1. The number of carbonyl (C=O) groups is 1. The second kappa shape index (κ2) is 4.77. The molecule has 0 fully saturated rings. The molecule has 1 heterocycles. The van der Waals surface area contributed by atoms with E-state index < -0.39 is 5.97 Å². The zero-order valence-corrected chi connectivity index (χ0v) is 10.4. The molecule has 0 N–H and O–H groups in total. The molecular weight excluding hydrogens is 263 g/mol. The molecule has 0 aliphatic heterocycles. The molecule has 1 aromatic carbocycles. The van der Waals surface area contributed by atoms with Crippen LogP contribution in [0.15, 0.2) is 30.5 Å². The Balaban J connectivity index is 2.44. The Kier molecular flexibility index (Phi) is 3.36. The number of methoxy groups -OCH3 is 1. The fourth-order valence-corrected chi connectivity index (χ4v) is 1.74. The van der Waals surface area contributed by atoms with Gasteiger partial charge in [0.1, 0.15) is 10.7 Å². The highest BCUT2D eigenvalue weighted by atomic mass is 35.5. The minimum atomic E-state index is -0.518. The zero-order valence-electron chi connectivity index (χ0n) is 8.85. The molecule has 0 saturated carbocycles. The SMILES string of the molecule is COC(=O)c1cnn(-c2ccc(Cl)cc2)c1Cl. The van der Waals surface area contributed by atoms with Gasteiger partial charge in [0.2, 0.25) is 0 Å². The molecule has 0 aliphatic carbocycles. The van der Waals surface area contributed by atoms with E-state index >= 15 is 0 Å². The second-order valence-corrected chi connectivity index (χ2v) is 4.02. The monoisotopic (exact) mass is 270 g/mol. The van der Waals surface area contributed by atoms with Crippen LogP contribution in [0.25, 0.3) is 5.69 Å². The standard InChI is InChI=1S/C11H8Cl2N2O2/c1-17-11(16)9-6-14-15(10(9)13)8-4-2-7(12)3-5-8/h2-6H,1H3. The average Bonchev–Trinajstić information content (AvgIpc) is 2.71. The van der Waals surface area contributed by atoms with E-state index in [2.05, 4.69) is 9.84 Å². The number of benzene rings is 1. The van der Waals surface area contributed by atoms with E-state index in [1.54, 1.807) is 24.3 Å². The number of rotatable bonds is 2. The molecule has 0 amide bonds. The van der Waals surface area contributed by atoms with Gasteiger partial charge in [-0.05, 0) is 24.3 Å². The van der Waals surface area contributed by atoms with Crippen LogP contribution in [0.4, 0.5) is 0 Å². The van der Waals surface area contributed by atoms with Crippen molar-refractivity contribution in [3.8, 4) is 5.69 Å². The largest absolute Gasteiger partial charge is 0.465 e. The van der Waals surface area contributed by atoms with Crippen molar-refractivity contribution >= 4 is 29.2 Å². The lowest BCUT2D eigenvalue weighted by molar-refractivity contribution is 0.0601. The molecule has 0 unspecified atom stereocenters. The summed E-state index contributed by atoms with van der Waals surface area (Å²) in [6.07, 6.45) is 1.36. The summed E-state index contributed by atoms with van der Waals surface area (Å²) in [7, 11) is 1.29. The van der Waals surface area contributed by atoms with Gasteiger partial charge in [0.15, 0.2) is 0 Å². The first kappa shape index (κ1) is 12.0. The average molecular weight is 271 g/mol. The Morgan fingerprint density at radius 3 is 2.53 bits per heavy atom. The number of aromatic nitrogens is 2. The molecule has 0 bridgehead atoms. The Morgan fingerprint density at radius 1 is 1.29 bits per heavy atom. The van der Waals surface area contributed by atoms with Gasteiger partial charge in [0.25, 0.3) is 0 Å². The first-order valence-corrected chi connectivity index (χ1v) is 5.47. The highest BCUT2D eigenvalue weighted by molar-refractivity contribution is 6.32. The quantitative estimate of drug-likeness (QED) is 0.789. The molecule has 1 aromatic heterocycles. The van der Waals surface area contributed by atoms with E-state index in [4.69, 9.17) is 23.2 Å². The lowest BCUT2D eigenvalue weighted by Crippen LogP contribution is -2.01. The van der Waals surface area contributed by atoms with Gasteiger partial charge in [-0.25, -0.2) is 9.48 Å². The van der Waals surface area contributed by atoms with Crippen molar-refractivity contribution in [3.05, 3.63) is 46.2 Å². The summed E-state index contributed by atoms with van der Waals surface area (Å²) >= 11 is 11.8. The van der Waals surface area contributed by atoms with Crippen LogP contribution in [-0.2, 0) is 4.74 Å². The summed E-state index contributed by atoms with van der Waals surface area (Å²) in [6.45, 7) is 0. The molecule has 6 heteroatoms. The van der Waals surface area contributed by atoms with Crippen LogP contribution < -0.4 is 0 Å². The van der Waals surface area contributed by atoms with E-state index in [0.717, 1.165) is 5.69 Å². The maximum atomic E-state index is 11.4. The topological polar surface area (TPSA) is 44.1 Å². The van der Waals surface area contributed by atoms with Crippen molar-refractivity contribution in [3.63, 3.8) is 0 Å². The summed E-state index contributed by atoms with van der Waals surface area (Å²) in [6, 6.07) is 6.93. The lowest BCUT2D eigenvalue weighted by atomic mass is 10.3. The molecule has 2 rings (SSSR count). The Morgan fingerprint density at radius 2 is 1.94 bits per heavy atom. The molecule has 0 aliphatic rings. The van der Waals surface area contributed by atoms with Gasteiger partial charge in [-0.1, -0.05) is 23.2 Å². The van der Waals surface area contributed by atoms with Crippen molar-refractivity contribution in [1.82, 2.24) is 9.78 Å². The fraction of sp³-hybridized carbons (Fsp3) is 0.0909. The van der Waals surface area contributed by atoms with Crippen LogP contribution in [-0.4, -0.2) is 22.9 Å². The van der Waals surface area contributed by atoms with Crippen LogP contribution in [0.3, 0.4) is 0 Å². The van der Waals surface area contributed by atoms with Crippen LogP contribution in [0.2, 0.25) is 10.2 Å². The van der Waals surface area contributed by atoms with Crippen molar-refractivity contribution < 1.29 is 9.53 Å². The highest BCUT2D eigenvalue weighted by Gasteiger charge is 2.16. The van der Waals surface area contributed by atoms with Crippen molar-refractivity contribution in [2.45, 2.75) is 0 Å². The molecule has 0 saturated heterocycles. The van der Waals surface area contributed by atoms with E-state index in [1.165, 1.54) is 18.0 Å². The molecule has 17 heavy (non-hydrogen) atoms. The molecule has 4 nitrogen and oxygen atoms in total. The summed E-state index contributed by atoms with van der Waals surface area (Å²) in [4.78, 5) is 11.4. The van der Waals surface area contributed by atoms with E-state index in [-0.39, 0.29) is 10.7 Å². The Labute approximate surface area is 108 Å². The first-order valence-electron chi connectivity index (χ1n) is 4.71. The molecule has 0 atom stereocenters. The van der Waals surface area contributed by atoms with Gasteiger partial charge in [0.05, 0.1) is 19.0 Å². The molecule has 88 valence electrons. The minimum absolute atomic E-state index is 0.208. The lowest BCUT2D eigenvalue weighted by Gasteiger charge is -2.03. The third kappa shape index (κ3) is 2.28. The number of hydrogen-bond donors (Lipinski definition) is 0. The summed E-state index contributed by atoms with van der Waals surface area (Å²) in [5, 5.41) is 4.85. The maximum absolute atomic E-state index is 11.4. The molecule has 0 radical (unpaired) electrons. The normalized spacial score (nSPS) is 10.3. The summed E-state index contributed by atoms with van der Waals surface area (Å²) < 4.78 is 6.02. The van der Waals surface area contributed by atoms with Gasteiger partial charge in [-0.15, -0.1) is 0 Å². The van der Waals surface area contributed by atoms with Gasteiger partial charge in [-0.2, -0.15) is 5.10 Å². The van der Waals surface area contributed by atoms with Crippen LogP contribution in [0.1, 0.15) is 10.4 Å². The van der Waals surface area contributed by atoms with Crippen molar-refractivity contribution in [1.29, 1.82) is 0 Å². The fourth-order valence-electron chi connectivity index (χ4n) is 1.34. The Hall–Kier alpha value is -1.52. The number of esters is 1. The smallest absolute Gasteiger partial charge is 0.342 e. The maximum Gasteiger partial charge on any atom is 0.342 e. The van der Waals surface area contributed by atoms with Gasteiger partial charge in [-0.3, -0.25) is 0 Å². The third-order valence-corrected chi connectivity index (χ3v) is 2.80. The van der Waals surface area contributed by atoms with E-state index in [9.17, 15) is 4.79 Å². The minimum Gasteiger partial charge on any atom is -0.465 e. The zero-order chi connectivity index (χ0) is 12.4. The molecular formula is C11H8Cl2N2O2. The Bertz CT molecular complexity index is 549. The highest BCUT2D eigenvalue weighted by Crippen LogP contribution is 2.21. The number of ether oxygens (including phenoxy) is 1. The van der Waals surface area contributed by atoms with Crippen molar-refractivity contribution in [2.24, 2.45) is 0 Å². The predicted octanol–water partition coefficient (Wildman–Crippen LogP) is 2.97. The van der Waals surface area contributed by atoms with Gasteiger partial charge < -0.3 is 4.74 Å².